The molecule has 0 fully saturated rings. The van der Waals surface area contributed by atoms with E-state index in [4.69, 9.17) is 4.74 Å². The highest BCUT2D eigenvalue weighted by atomic mass is 19.1. The average molecular weight is 295 g/mol. The molecule has 1 aromatic rings. The van der Waals surface area contributed by atoms with Gasteiger partial charge in [-0.1, -0.05) is 39.8 Å². The van der Waals surface area contributed by atoms with Gasteiger partial charge in [0.1, 0.15) is 5.82 Å². The second-order valence-electron chi connectivity index (χ2n) is 6.42. The van der Waals surface area contributed by atoms with E-state index in [1.807, 2.05) is 12.1 Å². The first-order valence-electron chi connectivity index (χ1n) is 7.91. The van der Waals surface area contributed by atoms with Gasteiger partial charge in [-0.3, -0.25) is 0 Å². The number of hydrogen-bond acceptors (Lipinski definition) is 2. The van der Waals surface area contributed by atoms with E-state index < -0.39 is 0 Å². The summed E-state index contributed by atoms with van der Waals surface area (Å²) >= 11 is 0. The fourth-order valence-electron chi connectivity index (χ4n) is 3.00. The van der Waals surface area contributed by atoms with Crippen molar-refractivity contribution in [2.45, 2.75) is 52.0 Å². The molecule has 0 amide bonds. The first kappa shape index (κ1) is 18.1. The number of rotatable bonds is 9. The Labute approximate surface area is 129 Å². The summed E-state index contributed by atoms with van der Waals surface area (Å²) in [7, 11) is 1.74. The highest BCUT2D eigenvalue weighted by Crippen LogP contribution is 2.32. The molecule has 0 heterocycles. The number of halogens is 1. The zero-order chi connectivity index (χ0) is 15.9. The monoisotopic (exact) mass is 295 g/mol. The fourth-order valence-corrected chi connectivity index (χ4v) is 3.00. The first-order valence-corrected chi connectivity index (χ1v) is 7.91. The molecule has 2 nitrogen and oxygen atoms in total. The Morgan fingerprint density at radius 2 is 1.86 bits per heavy atom. The van der Waals surface area contributed by atoms with E-state index in [-0.39, 0.29) is 11.2 Å². The van der Waals surface area contributed by atoms with Gasteiger partial charge in [-0.15, -0.1) is 0 Å². The van der Waals surface area contributed by atoms with Gasteiger partial charge < -0.3 is 10.1 Å². The van der Waals surface area contributed by atoms with Crippen LogP contribution in [0, 0.1) is 11.7 Å². The smallest absolute Gasteiger partial charge is 0.123 e. The largest absolute Gasteiger partial charge is 0.385 e. The lowest BCUT2D eigenvalue weighted by Gasteiger charge is -2.40. The van der Waals surface area contributed by atoms with E-state index >= 15 is 0 Å². The third-order valence-electron chi connectivity index (χ3n) is 4.33. The van der Waals surface area contributed by atoms with Crippen LogP contribution in [0.1, 0.15) is 46.1 Å². The molecule has 120 valence electrons. The highest BCUT2D eigenvalue weighted by Gasteiger charge is 2.34. The summed E-state index contributed by atoms with van der Waals surface area (Å²) in [5.41, 5.74) is 1.11. The van der Waals surface area contributed by atoms with Crippen molar-refractivity contribution in [3.8, 4) is 0 Å². The fraction of sp³-hybridized carbons (Fsp3) is 0.667. The van der Waals surface area contributed by atoms with Crippen molar-refractivity contribution in [2.24, 2.45) is 5.92 Å². The number of ether oxygens (including phenoxy) is 1. The van der Waals surface area contributed by atoms with Crippen LogP contribution >= 0.6 is 0 Å². The Morgan fingerprint density at radius 1 is 1.24 bits per heavy atom. The minimum atomic E-state index is -0.181. The molecule has 0 radical (unpaired) electrons. The molecule has 0 saturated heterocycles. The van der Waals surface area contributed by atoms with Crippen LogP contribution in [0.15, 0.2) is 24.3 Å². The molecule has 21 heavy (non-hydrogen) atoms. The molecule has 0 spiro atoms. The van der Waals surface area contributed by atoms with Gasteiger partial charge in [0, 0.05) is 25.2 Å². The lowest BCUT2D eigenvalue weighted by Crippen LogP contribution is -2.49. The van der Waals surface area contributed by atoms with Crippen LogP contribution in [0.4, 0.5) is 4.39 Å². The van der Waals surface area contributed by atoms with Gasteiger partial charge in [0.2, 0.25) is 0 Å². The molecule has 3 heteroatoms. The molecule has 1 N–H and O–H groups in total. The minimum absolute atomic E-state index is 0.0595. The van der Waals surface area contributed by atoms with E-state index in [1.54, 1.807) is 19.2 Å². The number of benzene rings is 1. The van der Waals surface area contributed by atoms with Crippen LogP contribution in [0.5, 0.6) is 0 Å². The van der Waals surface area contributed by atoms with Crippen LogP contribution < -0.4 is 5.32 Å². The molecule has 2 atom stereocenters. The van der Waals surface area contributed by atoms with E-state index in [2.05, 4.69) is 33.0 Å². The van der Waals surface area contributed by atoms with Crippen molar-refractivity contribution >= 4 is 0 Å². The third-order valence-corrected chi connectivity index (χ3v) is 4.33. The van der Waals surface area contributed by atoms with Gasteiger partial charge in [-0.2, -0.15) is 0 Å². The summed E-state index contributed by atoms with van der Waals surface area (Å²) in [4.78, 5) is 0. The Hall–Kier alpha value is -0.930. The van der Waals surface area contributed by atoms with Gasteiger partial charge >= 0.3 is 0 Å². The number of hydrogen-bond donors (Lipinski definition) is 1. The van der Waals surface area contributed by atoms with Crippen molar-refractivity contribution in [3.05, 3.63) is 35.6 Å². The molecule has 0 saturated carbocycles. The lowest BCUT2D eigenvalue weighted by atomic mass is 9.72. The molecule has 0 bridgehead atoms. The maximum Gasteiger partial charge on any atom is 0.123 e. The quantitative estimate of drug-likeness (QED) is 0.739. The maximum atomic E-state index is 13.2. The number of methoxy groups -OCH3 is 1. The Balaban J connectivity index is 2.95. The van der Waals surface area contributed by atoms with Crippen molar-refractivity contribution < 1.29 is 9.13 Å². The number of nitrogens with one attached hydrogen (secondary N) is 1. The summed E-state index contributed by atoms with van der Waals surface area (Å²) in [6.45, 7) is 10.7. The molecule has 0 aliphatic carbocycles. The van der Waals surface area contributed by atoms with Crippen molar-refractivity contribution in [1.82, 2.24) is 5.32 Å². The van der Waals surface area contributed by atoms with Crippen LogP contribution in [0.2, 0.25) is 0 Å². The molecular weight excluding hydrogens is 265 g/mol. The second kappa shape index (κ2) is 8.50. The average Bonchev–Trinajstić information content (AvgIpc) is 2.45. The lowest BCUT2D eigenvalue weighted by molar-refractivity contribution is 0.155. The topological polar surface area (TPSA) is 21.3 Å². The predicted molar refractivity (Wildman–Crippen MR) is 87.2 cm³/mol. The normalized spacial score (nSPS) is 15.0. The van der Waals surface area contributed by atoms with Gasteiger partial charge in [0.25, 0.3) is 0 Å². The van der Waals surface area contributed by atoms with Crippen LogP contribution in [-0.2, 0) is 10.2 Å². The van der Waals surface area contributed by atoms with Gasteiger partial charge in [0.05, 0.1) is 0 Å². The summed E-state index contributed by atoms with van der Waals surface area (Å²) < 4.78 is 18.4. The Kier molecular flexibility index (Phi) is 7.33. The van der Waals surface area contributed by atoms with Crippen LogP contribution in [-0.4, -0.2) is 26.3 Å². The van der Waals surface area contributed by atoms with E-state index in [0.717, 1.165) is 26.0 Å². The Bertz CT molecular complexity index is 402. The Morgan fingerprint density at radius 3 is 2.38 bits per heavy atom. The molecule has 0 aliphatic rings. The molecule has 0 aromatic heterocycles. The second-order valence-corrected chi connectivity index (χ2v) is 6.42. The van der Waals surface area contributed by atoms with Gasteiger partial charge in [-0.05, 0) is 43.0 Å². The van der Waals surface area contributed by atoms with E-state index in [1.165, 1.54) is 5.56 Å². The molecule has 0 aliphatic heterocycles. The zero-order valence-electron chi connectivity index (χ0n) is 14.1. The molecular formula is C18H30FNO. The third kappa shape index (κ3) is 5.08. The molecule has 1 rings (SSSR count). The van der Waals surface area contributed by atoms with Crippen molar-refractivity contribution in [2.75, 3.05) is 20.3 Å². The van der Waals surface area contributed by atoms with E-state index in [9.17, 15) is 4.39 Å². The SMILES string of the molecule is CCCNC(C(C)CCOC)C(C)(C)c1ccc(F)cc1. The summed E-state index contributed by atoms with van der Waals surface area (Å²) in [6, 6.07) is 7.23. The maximum absolute atomic E-state index is 13.2. The molecule has 2 unspecified atom stereocenters. The zero-order valence-corrected chi connectivity index (χ0v) is 14.1. The minimum Gasteiger partial charge on any atom is -0.385 e. The van der Waals surface area contributed by atoms with E-state index in [0.29, 0.717) is 12.0 Å². The summed E-state index contributed by atoms with van der Waals surface area (Å²) in [6.07, 6.45) is 2.12. The van der Waals surface area contributed by atoms with Gasteiger partial charge in [-0.25, -0.2) is 4.39 Å². The highest BCUT2D eigenvalue weighted by molar-refractivity contribution is 5.26. The first-order chi connectivity index (χ1) is 9.93. The van der Waals surface area contributed by atoms with Gasteiger partial charge in [0.15, 0.2) is 0 Å². The van der Waals surface area contributed by atoms with Crippen molar-refractivity contribution in [3.63, 3.8) is 0 Å². The predicted octanol–water partition coefficient (Wildman–Crippen LogP) is 4.14. The molecule has 1 aromatic carbocycles. The summed E-state index contributed by atoms with van der Waals surface area (Å²) in [5.74, 6) is 0.302. The van der Waals surface area contributed by atoms with Crippen LogP contribution in [0.25, 0.3) is 0 Å². The van der Waals surface area contributed by atoms with Crippen molar-refractivity contribution in [1.29, 1.82) is 0 Å². The summed E-state index contributed by atoms with van der Waals surface area (Å²) in [5, 5.41) is 3.68. The van der Waals surface area contributed by atoms with Crippen LogP contribution in [0.3, 0.4) is 0 Å². The standard InChI is InChI=1S/C18H30FNO/c1-6-12-20-17(14(2)11-13-21-5)18(3,4)15-7-9-16(19)10-8-15/h7-10,14,17,20H,6,11-13H2,1-5H3.